The maximum Gasteiger partial charge on any atom is 0.0635 e. The maximum atomic E-state index is 8.56. The molecule has 0 aliphatic heterocycles. The van der Waals surface area contributed by atoms with Gasteiger partial charge in [-0.1, -0.05) is 28.1 Å². The summed E-state index contributed by atoms with van der Waals surface area (Å²) in [5.41, 5.74) is 6.97. The first kappa shape index (κ1) is 13.2. The second-order valence-corrected chi connectivity index (χ2v) is 4.61. The van der Waals surface area contributed by atoms with Crippen LogP contribution in [0.5, 0.6) is 0 Å². The van der Waals surface area contributed by atoms with Gasteiger partial charge in [-0.15, -0.1) is 0 Å². The van der Waals surface area contributed by atoms with E-state index in [4.69, 9.17) is 11.0 Å². The lowest BCUT2D eigenvalue weighted by molar-refractivity contribution is 0.256. The second-order valence-electron chi connectivity index (χ2n) is 3.69. The van der Waals surface area contributed by atoms with Crippen LogP contribution in [0.15, 0.2) is 28.7 Å². The first-order valence-corrected chi connectivity index (χ1v) is 6.01. The third-order valence-electron chi connectivity index (χ3n) is 2.59. The number of likely N-dealkylation sites (N-methyl/N-ethyl adjacent to an activating group) is 1. The fraction of sp³-hybridized carbons (Fsp3) is 0.417. The minimum absolute atomic E-state index is 0.182. The van der Waals surface area contributed by atoms with Crippen LogP contribution in [-0.4, -0.2) is 25.0 Å². The van der Waals surface area contributed by atoms with Crippen molar-refractivity contribution in [3.8, 4) is 6.07 Å². The van der Waals surface area contributed by atoms with Gasteiger partial charge < -0.3 is 5.73 Å². The zero-order valence-electron chi connectivity index (χ0n) is 9.36. The molecule has 0 aliphatic carbocycles. The van der Waals surface area contributed by atoms with Gasteiger partial charge in [-0.05, 0) is 24.7 Å². The summed E-state index contributed by atoms with van der Waals surface area (Å²) < 4.78 is 1.06. The minimum atomic E-state index is 0.182. The Morgan fingerprint density at radius 3 is 2.56 bits per heavy atom. The van der Waals surface area contributed by atoms with Gasteiger partial charge >= 0.3 is 0 Å². The number of hydrogen-bond donors (Lipinski definition) is 1. The smallest absolute Gasteiger partial charge is 0.0635 e. The molecule has 16 heavy (non-hydrogen) atoms. The molecule has 0 amide bonds. The predicted molar refractivity (Wildman–Crippen MR) is 68.8 cm³/mol. The van der Waals surface area contributed by atoms with Crippen LogP contribution in [-0.2, 0) is 0 Å². The van der Waals surface area contributed by atoms with Crippen LogP contribution < -0.4 is 5.73 Å². The molecule has 1 unspecified atom stereocenters. The van der Waals surface area contributed by atoms with Crippen molar-refractivity contribution in [2.45, 2.75) is 12.5 Å². The molecule has 1 atom stereocenters. The molecule has 0 aliphatic rings. The Bertz CT molecular complexity index is 356. The molecule has 0 heterocycles. The molecule has 86 valence electrons. The first-order valence-electron chi connectivity index (χ1n) is 5.21. The molecular formula is C12H16BrN3. The Kier molecular flexibility index (Phi) is 5.47. The molecule has 0 bridgehead atoms. The molecule has 0 spiro atoms. The van der Waals surface area contributed by atoms with E-state index in [9.17, 15) is 0 Å². The molecule has 4 heteroatoms. The van der Waals surface area contributed by atoms with Gasteiger partial charge in [0, 0.05) is 30.0 Å². The van der Waals surface area contributed by atoms with Gasteiger partial charge in [-0.25, -0.2) is 0 Å². The highest BCUT2D eigenvalue weighted by Crippen LogP contribution is 2.20. The Labute approximate surface area is 105 Å². The number of nitrogens with zero attached hydrogens (tertiary/aromatic N) is 2. The molecule has 1 aromatic carbocycles. The van der Waals surface area contributed by atoms with Gasteiger partial charge in [0.1, 0.15) is 0 Å². The van der Waals surface area contributed by atoms with Gasteiger partial charge in [0.05, 0.1) is 6.07 Å². The molecular weight excluding hydrogens is 266 g/mol. The van der Waals surface area contributed by atoms with E-state index in [1.54, 1.807) is 0 Å². The van der Waals surface area contributed by atoms with Crippen molar-refractivity contribution in [1.82, 2.24) is 4.90 Å². The van der Waals surface area contributed by atoms with E-state index in [0.29, 0.717) is 13.0 Å². The average Bonchev–Trinajstić information content (AvgIpc) is 2.30. The largest absolute Gasteiger partial charge is 0.329 e. The lowest BCUT2D eigenvalue weighted by atomic mass is 10.1. The standard InChI is InChI=1S/C12H16BrN3/c1-16(8-2-7-14)12(9-15)10-3-5-11(13)6-4-10/h3-6,12H,2,8-9,15H2,1H3. The van der Waals surface area contributed by atoms with Gasteiger partial charge in [0.25, 0.3) is 0 Å². The average molecular weight is 282 g/mol. The van der Waals surface area contributed by atoms with Gasteiger partial charge in [0.2, 0.25) is 0 Å². The number of halogens is 1. The van der Waals surface area contributed by atoms with E-state index in [-0.39, 0.29) is 6.04 Å². The zero-order valence-corrected chi connectivity index (χ0v) is 10.9. The van der Waals surface area contributed by atoms with Gasteiger partial charge in [-0.3, -0.25) is 4.90 Å². The van der Waals surface area contributed by atoms with E-state index >= 15 is 0 Å². The van der Waals surface area contributed by atoms with Crippen LogP contribution in [0.1, 0.15) is 18.0 Å². The normalized spacial score (nSPS) is 12.4. The SMILES string of the molecule is CN(CCC#N)C(CN)c1ccc(Br)cc1. The summed E-state index contributed by atoms with van der Waals surface area (Å²) in [5, 5.41) is 8.56. The fourth-order valence-corrected chi connectivity index (χ4v) is 1.90. The lowest BCUT2D eigenvalue weighted by Gasteiger charge is -2.26. The van der Waals surface area contributed by atoms with E-state index in [2.05, 4.69) is 39.0 Å². The summed E-state index contributed by atoms with van der Waals surface area (Å²) in [6, 6.07) is 10.5. The minimum Gasteiger partial charge on any atom is -0.329 e. The summed E-state index contributed by atoms with van der Waals surface area (Å²) in [6.07, 6.45) is 0.531. The van der Waals surface area contributed by atoms with Crippen LogP contribution in [0.4, 0.5) is 0 Å². The van der Waals surface area contributed by atoms with Gasteiger partial charge in [0.15, 0.2) is 0 Å². The van der Waals surface area contributed by atoms with E-state index in [0.717, 1.165) is 11.0 Å². The van der Waals surface area contributed by atoms with Crippen LogP contribution in [0.3, 0.4) is 0 Å². The van der Waals surface area contributed by atoms with Crippen molar-refractivity contribution < 1.29 is 0 Å². The highest BCUT2D eigenvalue weighted by molar-refractivity contribution is 9.10. The van der Waals surface area contributed by atoms with Crippen LogP contribution in [0, 0.1) is 11.3 Å². The molecule has 2 N–H and O–H groups in total. The zero-order chi connectivity index (χ0) is 12.0. The third-order valence-corrected chi connectivity index (χ3v) is 3.12. The number of rotatable bonds is 5. The molecule has 3 nitrogen and oxygen atoms in total. The Hall–Kier alpha value is -0.890. The fourth-order valence-electron chi connectivity index (χ4n) is 1.64. The summed E-state index contributed by atoms with van der Waals surface area (Å²) in [6.45, 7) is 1.30. The highest BCUT2D eigenvalue weighted by Gasteiger charge is 2.14. The number of hydrogen-bond acceptors (Lipinski definition) is 3. The molecule has 0 saturated carbocycles. The second kappa shape index (κ2) is 6.64. The monoisotopic (exact) mass is 281 g/mol. The van der Waals surface area contributed by atoms with Crippen molar-refractivity contribution in [2.24, 2.45) is 5.73 Å². The maximum absolute atomic E-state index is 8.56. The Morgan fingerprint density at radius 2 is 2.06 bits per heavy atom. The van der Waals surface area contributed by atoms with E-state index < -0.39 is 0 Å². The van der Waals surface area contributed by atoms with Crippen molar-refractivity contribution in [3.63, 3.8) is 0 Å². The third kappa shape index (κ3) is 3.60. The van der Waals surface area contributed by atoms with Crippen molar-refractivity contribution in [3.05, 3.63) is 34.3 Å². The quantitative estimate of drug-likeness (QED) is 0.901. The molecule has 0 radical (unpaired) electrons. The highest BCUT2D eigenvalue weighted by atomic mass is 79.9. The first-order chi connectivity index (χ1) is 7.69. The predicted octanol–water partition coefficient (Wildman–Crippen LogP) is 2.29. The van der Waals surface area contributed by atoms with Crippen LogP contribution in [0.2, 0.25) is 0 Å². The number of nitrogens with two attached hydrogens (primary N) is 1. The van der Waals surface area contributed by atoms with E-state index in [1.807, 2.05) is 19.2 Å². The van der Waals surface area contributed by atoms with Gasteiger partial charge in [-0.2, -0.15) is 5.26 Å². The van der Waals surface area contributed by atoms with Crippen LogP contribution >= 0.6 is 15.9 Å². The molecule has 0 saturated heterocycles. The molecule has 1 aromatic rings. The van der Waals surface area contributed by atoms with Crippen molar-refractivity contribution >= 4 is 15.9 Å². The molecule has 1 rings (SSSR count). The lowest BCUT2D eigenvalue weighted by Crippen LogP contribution is -2.31. The summed E-state index contributed by atoms with van der Waals surface area (Å²) in [4.78, 5) is 2.12. The summed E-state index contributed by atoms with van der Waals surface area (Å²) >= 11 is 3.41. The number of benzene rings is 1. The Balaban J connectivity index is 2.74. The number of nitriles is 1. The topological polar surface area (TPSA) is 53.0 Å². The molecule has 0 aromatic heterocycles. The van der Waals surface area contributed by atoms with E-state index in [1.165, 1.54) is 5.56 Å². The van der Waals surface area contributed by atoms with Crippen LogP contribution in [0.25, 0.3) is 0 Å². The van der Waals surface area contributed by atoms with Crippen molar-refractivity contribution in [1.29, 1.82) is 5.26 Å². The summed E-state index contributed by atoms with van der Waals surface area (Å²) in [5.74, 6) is 0. The molecule has 0 fully saturated rings. The summed E-state index contributed by atoms with van der Waals surface area (Å²) in [7, 11) is 2.00. The Morgan fingerprint density at radius 1 is 1.44 bits per heavy atom. The van der Waals surface area contributed by atoms with Crippen molar-refractivity contribution in [2.75, 3.05) is 20.1 Å².